The van der Waals surface area contributed by atoms with Crippen molar-refractivity contribution in [2.24, 2.45) is 5.73 Å². The van der Waals surface area contributed by atoms with Gasteiger partial charge in [0.2, 0.25) is 5.91 Å². The number of ether oxygens (including phenoxy) is 1. The number of carbonyl (C=O) groups excluding carboxylic acids is 2. The minimum absolute atomic E-state index is 0.131. The summed E-state index contributed by atoms with van der Waals surface area (Å²) in [5, 5.41) is 2.94. The normalized spacial score (nSPS) is 11.9. The largest absolute Gasteiger partial charge is 0.484 e. The summed E-state index contributed by atoms with van der Waals surface area (Å²) in [5.74, 6) is 0.203. The fourth-order valence-corrected chi connectivity index (χ4v) is 2.51. The number of carbonyl (C=O) groups is 2. The summed E-state index contributed by atoms with van der Waals surface area (Å²) in [7, 11) is 0. The van der Waals surface area contributed by atoms with Crippen LogP contribution in [-0.2, 0) is 9.59 Å². The van der Waals surface area contributed by atoms with Crippen molar-refractivity contribution in [1.29, 1.82) is 0 Å². The molecule has 0 bridgehead atoms. The number of rotatable bonds is 9. The molecule has 5 heteroatoms. The van der Waals surface area contributed by atoms with Gasteiger partial charge in [0.05, 0.1) is 0 Å². The smallest absolute Gasteiger partial charge is 0.255 e. The summed E-state index contributed by atoms with van der Waals surface area (Å²) in [5.41, 5.74) is 7.12. The highest BCUT2D eigenvalue weighted by molar-refractivity contribution is 5.91. The van der Waals surface area contributed by atoms with Crippen molar-refractivity contribution in [3.63, 3.8) is 0 Å². The zero-order valence-electron chi connectivity index (χ0n) is 14.9. The highest BCUT2D eigenvalue weighted by atomic mass is 16.5. The lowest BCUT2D eigenvalue weighted by atomic mass is 9.96. The molecule has 2 aromatic rings. The first-order valence-electron chi connectivity index (χ1n) is 8.60. The Morgan fingerprint density at radius 2 is 1.81 bits per heavy atom. The van der Waals surface area contributed by atoms with E-state index in [2.05, 4.69) is 24.4 Å². The molecular weight excluding hydrogens is 328 g/mol. The molecule has 0 fully saturated rings. The summed E-state index contributed by atoms with van der Waals surface area (Å²) in [4.78, 5) is 22.7. The van der Waals surface area contributed by atoms with Crippen molar-refractivity contribution in [2.75, 3.05) is 13.2 Å². The van der Waals surface area contributed by atoms with Crippen LogP contribution in [0.15, 0.2) is 60.7 Å². The van der Waals surface area contributed by atoms with Gasteiger partial charge in [-0.05, 0) is 35.8 Å². The molecule has 2 amide bonds. The molecule has 0 aliphatic rings. The molecule has 136 valence electrons. The van der Waals surface area contributed by atoms with E-state index >= 15 is 0 Å². The minimum Gasteiger partial charge on any atom is -0.484 e. The first-order chi connectivity index (χ1) is 12.6. The van der Waals surface area contributed by atoms with Gasteiger partial charge < -0.3 is 15.8 Å². The van der Waals surface area contributed by atoms with E-state index in [1.807, 2.05) is 18.2 Å². The lowest BCUT2D eigenvalue weighted by Crippen LogP contribution is -2.26. The van der Waals surface area contributed by atoms with Gasteiger partial charge in [-0.3, -0.25) is 9.59 Å². The van der Waals surface area contributed by atoms with Crippen LogP contribution >= 0.6 is 0 Å². The predicted octanol–water partition coefficient (Wildman–Crippen LogP) is 2.87. The van der Waals surface area contributed by atoms with Crippen LogP contribution in [0.4, 0.5) is 0 Å². The lowest BCUT2D eigenvalue weighted by Gasteiger charge is -2.15. The Hall–Kier alpha value is -3.08. The summed E-state index contributed by atoms with van der Waals surface area (Å²) in [6.07, 6.45) is 4.20. The second-order valence-corrected chi connectivity index (χ2v) is 5.92. The second kappa shape index (κ2) is 10.0. The maximum Gasteiger partial charge on any atom is 0.255 e. The molecule has 0 heterocycles. The fourth-order valence-electron chi connectivity index (χ4n) is 2.51. The summed E-state index contributed by atoms with van der Waals surface area (Å²) in [6.45, 7) is 2.56. The van der Waals surface area contributed by atoms with Crippen LogP contribution in [0.25, 0.3) is 6.08 Å². The SMILES string of the molecule is CC[C@@H](CNC(=O)/C=C/c1ccc(OCC(N)=O)cc1)c1ccccc1. The van der Waals surface area contributed by atoms with Crippen molar-refractivity contribution < 1.29 is 14.3 Å². The number of amides is 2. The van der Waals surface area contributed by atoms with Gasteiger partial charge in [-0.15, -0.1) is 0 Å². The molecule has 3 N–H and O–H groups in total. The Balaban J connectivity index is 1.84. The van der Waals surface area contributed by atoms with Gasteiger partial charge in [0, 0.05) is 18.5 Å². The first-order valence-corrected chi connectivity index (χ1v) is 8.60. The Morgan fingerprint density at radius 3 is 2.42 bits per heavy atom. The zero-order valence-corrected chi connectivity index (χ0v) is 14.9. The molecule has 1 atom stereocenters. The molecule has 0 saturated heterocycles. The van der Waals surface area contributed by atoms with Gasteiger partial charge >= 0.3 is 0 Å². The molecule has 0 unspecified atom stereocenters. The number of hydrogen-bond acceptors (Lipinski definition) is 3. The van der Waals surface area contributed by atoms with E-state index in [-0.39, 0.29) is 12.5 Å². The molecule has 0 aliphatic heterocycles. The minimum atomic E-state index is -0.522. The van der Waals surface area contributed by atoms with Gasteiger partial charge in [0.25, 0.3) is 5.91 Å². The van der Waals surface area contributed by atoms with E-state index in [9.17, 15) is 9.59 Å². The van der Waals surface area contributed by atoms with E-state index in [0.29, 0.717) is 18.2 Å². The number of hydrogen-bond donors (Lipinski definition) is 2. The maximum absolute atomic E-state index is 12.0. The highest BCUT2D eigenvalue weighted by Gasteiger charge is 2.09. The maximum atomic E-state index is 12.0. The summed E-state index contributed by atoms with van der Waals surface area (Å²) < 4.78 is 5.19. The number of nitrogens with two attached hydrogens (primary N) is 1. The molecule has 0 radical (unpaired) electrons. The van der Waals surface area contributed by atoms with Gasteiger partial charge in [-0.25, -0.2) is 0 Å². The average molecular weight is 352 g/mol. The molecule has 2 aromatic carbocycles. The number of benzene rings is 2. The third kappa shape index (κ3) is 6.43. The molecular formula is C21H24N2O3. The number of primary amides is 1. The van der Waals surface area contributed by atoms with Crippen molar-refractivity contribution in [3.8, 4) is 5.75 Å². The quantitative estimate of drug-likeness (QED) is 0.681. The van der Waals surface area contributed by atoms with Crippen LogP contribution in [0.1, 0.15) is 30.4 Å². The van der Waals surface area contributed by atoms with Crippen LogP contribution in [0.2, 0.25) is 0 Å². The van der Waals surface area contributed by atoms with Gasteiger partial charge in [-0.2, -0.15) is 0 Å². The van der Waals surface area contributed by atoms with Crippen molar-refractivity contribution in [3.05, 3.63) is 71.8 Å². The third-order valence-corrected chi connectivity index (χ3v) is 3.97. The molecule has 26 heavy (non-hydrogen) atoms. The molecule has 0 aromatic heterocycles. The predicted molar refractivity (Wildman–Crippen MR) is 103 cm³/mol. The van der Waals surface area contributed by atoms with Crippen LogP contribution in [-0.4, -0.2) is 25.0 Å². The van der Waals surface area contributed by atoms with Gasteiger partial charge in [0.1, 0.15) is 5.75 Å². The number of nitrogens with one attached hydrogen (secondary N) is 1. The third-order valence-electron chi connectivity index (χ3n) is 3.97. The molecule has 0 saturated carbocycles. The molecule has 2 rings (SSSR count). The Morgan fingerprint density at radius 1 is 1.12 bits per heavy atom. The average Bonchev–Trinajstić information content (AvgIpc) is 2.67. The van der Waals surface area contributed by atoms with E-state index < -0.39 is 5.91 Å². The monoisotopic (exact) mass is 352 g/mol. The lowest BCUT2D eigenvalue weighted by molar-refractivity contribution is -0.120. The van der Waals surface area contributed by atoms with Gasteiger partial charge in [-0.1, -0.05) is 49.4 Å². The van der Waals surface area contributed by atoms with Crippen molar-refractivity contribution >= 4 is 17.9 Å². The van der Waals surface area contributed by atoms with E-state index in [4.69, 9.17) is 10.5 Å². The molecule has 0 spiro atoms. The highest BCUT2D eigenvalue weighted by Crippen LogP contribution is 2.18. The Bertz CT molecular complexity index is 740. The Labute approximate surface area is 153 Å². The standard InChI is InChI=1S/C21H24N2O3/c1-2-17(18-6-4-3-5-7-18)14-23-21(25)13-10-16-8-11-19(12-9-16)26-15-20(22)24/h3-13,17H,2,14-15H2,1H3,(H2,22,24)(H,23,25)/b13-10+/t17-/m0/s1. The van der Waals surface area contributed by atoms with Crippen molar-refractivity contribution in [2.45, 2.75) is 19.3 Å². The first kappa shape index (κ1) is 19.2. The van der Waals surface area contributed by atoms with E-state index in [1.54, 1.807) is 30.3 Å². The summed E-state index contributed by atoms with van der Waals surface area (Å²) in [6, 6.07) is 17.2. The summed E-state index contributed by atoms with van der Waals surface area (Å²) >= 11 is 0. The topological polar surface area (TPSA) is 81.4 Å². The van der Waals surface area contributed by atoms with Crippen LogP contribution in [0, 0.1) is 0 Å². The zero-order chi connectivity index (χ0) is 18.8. The van der Waals surface area contributed by atoms with E-state index in [1.165, 1.54) is 11.6 Å². The van der Waals surface area contributed by atoms with E-state index in [0.717, 1.165) is 12.0 Å². The molecule has 5 nitrogen and oxygen atoms in total. The second-order valence-electron chi connectivity index (χ2n) is 5.92. The van der Waals surface area contributed by atoms with Crippen molar-refractivity contribution in [1.82, 2.24) is 5.32 Å². The molecule has 0 aliphatic carbocycles. The fraction of sp³-hybridized carbons (Fsp3) is 0.238. The van der Waals surface area contributed by atoms with Crippen LogP contribution in [0.5, 0.6) is 5.75 Å². The Kier molecular flexibility index (Phi) is 7.43. The van der Waals surface area contributed by atoms with Crippen LogP contribution < -0.4 is 15.8 Å². The van der Waals surface area contributed by atoms with Crippen LogP contribution in [0.3, 0.4) is 0 Å². The van der Waals surface area contributed by atoms with Gasteiger partial charge in [0.15, 0.2) is 6.61 Å².